The van der Waals surface area contributed by atoms with Crippen molar-refractivity contribution in [3.8, 4) is 0 Å². The van der Waals surface area contributed by atoms with Crippen molar-refractivity contribution in [2.75, 3.05) is 32.7 Å². The zero-order valence-corrected chi connectivity index (χ0v) is 14.8. The first-order valence-corrected chi connectivity index (χ1v) is 8.53. The fraction of sp³-hybridized carbons (Fsp3) is 0.812. The number of nitrogens with one attached hydrogen (secondary N) is 2. The minimum atomic E-state index is -0.496. The lowest BCUT2D eigenvalue weighted by Gasteiger charge is -2.33. The molecule has 0 radical (unpaired) electrons. The van der Waals surface area contributed by atoms with Crippen molar-refractivity contribution in [3.05, 3.63) is 0 Å². The molecule has 24 heavy (non-hydrogen) atoms. The summed E-state index contributed by atoms with van der Waals surface area (Å²) in [7, 11) is 0. The Hall–Kier alpha value is -1.83. The van der Waals surface area contributed by atoms with E-state index in [-0.39, 0.29) is 30.4 Å². The number of rotatable bonds is 3. The second-order valence-corrected chi connectivity index (χ2v) is 7.37. The summed E-state index contributed by atoms with van der Waals surface area (Å²) in [6.45, 7) is 8.16. The van der Waals surface area contributed by atoms with Crippen molar-refractivity contribution in [2.45, 2.75) is 45.6 Å². The van der Waals surface area contributed by atoms with Gasteiger partial charge in [-0.3, -0.25) is 20.0 Å². The van der Waals surface area contributed by atoms with Gasteiger partial charge in [0.15, 0.2) is 0 Å². The number of piperazine rings is 1. The molecule has 0 aromatic heterocycles. The highest BCUT2D eigenvalue weighted by Crippen LogP contribution is 2.22. The van der Waals surface area contributed by atoms with E-state index in [1.165, 1.54) is 5.01 Å². The molecule has 8 nitrogen and oxygen atoms in total. The van der Waals surface area contributed by atoms with Crippen LogP contribution in [0, 0.1) is 5.92 Å². The predicted molar refractivity (Wildman–Crippen MR) is 87.9 cm³/mol. The molecule has 0 aliphatic carbocycles. The molecule has 2 aliphatic rings. The van der Waals surface area contributed by atoms with E-state index in [4.69, 9.17) is 4.74 Å². The topological polar surface area (TPSA) is 91.0 Å². The summed E-state index contributed by atoms with van der Waals surface area (Å²) in [5, 5.41) is 4.34. The Labute approximate surface area is 142 Å². The average Bonchev–Trinajstić information content (AvgIpc) is 2.48. The van der Waals surface area contributed by atoms with E-state index < -0.39 is 5.60 Å². The molecule has 0 bridgehead atoms. The van der Waals surface area contributed by atoms with Crippen LogP contribution in [0.2, 0.25) is 0 Å². The van der Waals surface area contributed by atoms with Gasteiger partial charge in [-0.2, -0.15) is 0 Å². The Bertz CT molecular complexity index is 481. The first kappa shape index (κ1) is 18.5. The van der Waals surface area contributed by atoms with Gasteiger partial charge in [-0.1, -0.05) is 0 Å². The van der Waals surface area contributed by atoms with E-state index in [9.17, 15) is 14.4 Å². The standard InChI is InChI=1S/C16H28N4O4/c1-16(2,3)24-15(23)19-7-4-12(5-8-19)10-13(21)18-20-9-6-17-11-14(20)22/h12,17H,4-11H2,1-3H3,(H,18,21). The van der Waals surface area contributed by atoms with E-state index in [0.717, 1.165) is 12.8 Å². The predicted octanol–water partition coefficient (Wildman–Crippen LogP) is 0.487. The highest BCUT2D eigenvalue weighted by molar-refractivity contribution is 5.83. The molecular formula is C16H28N4O4. The smallest absolute Gasteiger partial charge is 0.410 e. The second kappa shape index (κ2) is 7.83. The average molecular weight is 340 g/mol. The molecule has 0 aromatic rings. The van der Waals surface area contributed by atoms with Crippen molar-refractivity contribution in [1.82, 2.24) is 20.7 Å². The van der Waals surface area contributed by atoms with Crippen molar-refractivity contribution in [2.24, 2.45) is 5.92 Å². The monoisotopic (exact) mass is 340 g/mol. The van der Waals surface area contributed by atoms with Gasteiger partial charge in [0.05, 0.1) is 13.1 Å². The Morgan fingerprint density at radius 2 is 1.92 bits per heavy atom. The van der Waals surface area contributed by atoms with Gasteiger partial charge in [-0.25, -0.2) is 4.79 Å². The second-order valence-electron chi connectivity index (χ2n) is 7.37. The van der Waals surface area contributed by atoms with E-state index in [1.54, 1.807) is 4.90 Å². The van der Waals surface area contributed by atoms with Crippen molar-refractivity contribution < 1.29 is 19.1 Å². The first-order valence-electron chi connectivity index (χ1n) is 8.53. The van der Waals surface area contributed by atoms with E-state index >= 15 is 0 Å². The van der Waals surface area contributed by atoms with Gasteiger partial charge < -0.3 is 15.0 Å². The summed E-state index contributed by atoms with van der Waals surface area (Å²) in [5.74, 6) is -0.0305. The Balaban J connectivity index is 1.71. The maximum Gasteiger partial charge on any atom is 0.410 e. The number of piperidine rings is 1. The zero-order valence-electron chi connectivity index (χ0n) is 14.8. The molecule has 8 heteroatoms. The molecule has 2 saturated heterocycles. The highest BCUT2D eigenvalue weighted by atomic mass is 16.6. The van der Waals surface area contributed by atoms with Crippen molar-refractivity contribution >= 4 is 17.9 Å². The number of nitrogens with zero attached hydrogens (tertiary/aromatic N) is 2. The Morgan fingerprint density at radius 1 is 1.25 bits per heavy atom. The third-order valence-electron chi connectivity index (χ3n) is 4.09. The molecular weight excluding hydrogens is 312 g/mol. The maximum atomic E-state index is 12.1. The summed E-state index contributed by atoms with van der Waals surface area (Å²) < 4.78 is 5.36. The van der Waals surface area contributed by atoms with Crippen LogP contribution in [0.3, 0.4) is 0 Å². The molecule has 136 valence electrons. The van der Waals surface area contributed by atoms with Gasteiger partial charge in [-0.15, -0.1) is 0 Å². The fourth-order valence-corrected chi connectivity index (χ4v) is 2.83. The molecule has 2 heterocycles. The van der Waals surface area contributed by atoms with E-state index in [0.29, 0.717) is 32.6 Å². The number of ether oxygens (including phenoxy) is 1. The van der Waals surface area contributed by atoms with Crippen LogP contribution in [0.1, 0.15) is 40.0 Å². The molecule has 3 amide bonds. The molecule has 2 aliphatic heterocycles. The minimum Gasteiger partial charge on any atom is -0.444 e. The van der Waals surface area contributed by atoms with Crippen LogP contribution >= 0.6 is 0 Å². The number of hydrazine groups is 1. The number of likely N-dealkylation sites (tertiary alicyclic amines) is 1. The molecule has 2 rings (SSSR count). The fourth-order valence-electron chi connectivity index (χ4n) is 2.83. The summed E-state index contributed by atoms with van der Waals surface area (Å²) in [6.07, 6.45) is 1.61. The lowest BCUT2D eigenvalue weighted by Crippen LogP contribution is -2.56. The van der Waals surface area contributed by atoms with Crippen LogP contribution in [-0.2, 0) is 14.3 Å². The quantitative estimate of drug-likeness (QED) is 0.780. The van der Waals surface area contributed by atoms with Gasteiger partial charge in [0.25, 0.3) is 5.91 Å². The molecule has 0 saturated carbocycles. The lowest BCUT2D eigenvalue weighted by molar-refractivity contribution is -0.142. The number of hydrogen-bond donors (Lipinski definition) is 2. The lowest BCUT2D eigenvalue weighted by atomic mass is 9.93. The number of carbonyl (C=O) groups is 3. The SMILES string of the molecule is CC(C)(C)OC(=O)N1CCC(CC(=O)NN2CCNCC2=O)CC1. The number of hydrogen-bond acceptors (Lipinski definition) is 5. The minimum absolute atomic E-state index is 0.116. The van der Waals surface area contributed by atoms with Crippen LogP contribution in [-0.4, -0.2) is 66.1 Å². The first-order chi connectivity index (χ1) is 11.2. The summed E-state index contributed by atoms with van der Waals surface area (Å²) in [5.41, 5.74) is 2.18. The van der Waals surface area contributed by atoms with Gasteiger partial charge in [0.1, 0.15) is 5.60 Å². The Kier molecular flexibility index (Phi) is 6.04. The van der Waals surface area contributed by atoms with Crippen LogP contribution in [0.4, 0.5) is 4.79 Å². The molecule has 0 spiro atoms. The zero-order chi connectivity index (χ0) is 17.7. The largest absolute Gasteiger partial charge is 0.444 e. The molecule has 0 atom stereocenters. The summed E-state index contributed by atoms with van der Waals surface area (Å²) >= 11 is 0. The van der Waals surface area contributed by atoms with Crippen LogP contribution in [0.25, 0.3) is 0 Å². The Morgan fingerprint density at radius 3 is 2.50 bits per heavy atom. The van der Waals surface area contributed by atoms with Crippen LogP contribution in [0.5, 0.6) is 0 Å². The van der Waals surface area contributed by atoms with Gasteiger partial charge >= 0.3 is 6.09 Å². The third-order valence-corrected chi connectivity index (χ3v) is 4.09. The van der Waals surface area contributed by atoms with Gasteiger partial charge in [0, 0.05) is 26.1 Å². The number of amides is 3. The molecule has 2 N–H and O–H groups in total. The summed E-state index contributed by atoms with van der Waals surface area (Å²) in [6, 6.07) is 0. The number of carbonyl (C=O) groups excluding carboxylic acids is 3. The molecule has 0 unspecified atom stereocenters. The van der Waals surface area contributed by atoms with Crippen molar-refractivity contribution in [1.29, 1.82) is 0 Å². The van der Waals surface area contributed by atoms with Crippen LogP contribution in [0.15, 0.2) is 0 Å². The molecule has 0 aromatic carbocycles. The maximum absolute atomic E-state index is 12.1. The summed E-state index contributed by atoms with van der Waals surface area (Å²) in [4.78, 5) is 37.5. The highest BCUT2D eigenvalue weighted by Gasteiger charge is 2.28. The normalized spacial score (nSPS) is 20.0. The van der Waals surface area contributed by atoms with Crippen molar-refractivity contribution in [3.63, 3.8) is 0 Å². The van der Waals surface area contributed by atoms with Gasteiger partial charge in [-0.05, 0) is 39.5 Å². The van der Waals surface area contributed by atoms with Crippen LogP contribution < -0.4 is 10.7 Å². The van der Waals surface area contributed by atoms with E-state index in [2.05, 4.69) is 10.7 Å². The van der Waals surface area contributed by atoms with E-state index in [1.807, 2.05) is 20.8 Å². The molecule has 2 fully saturated rings. The van der Waals surface area contributed by atoms with Gasteiger partial charge in [0.2, 0.25) is 5.91 Å². The third kappa shape index (κ3) is 5.67.